The smallest absolute Gasteiger partial charge is 0.268 e. The highest BCUT2D eigenvalue weighted by Gasteiger charge is 2.25. The van der Waals surface area contributed by atoms with E-state index in [1.807, 2.05) is 54.6 Å². The van der Waals surface area contributed by atoms with Gasteiger partial charge in [0.1, 0.15) is 4.83 Å². The van der Waals surface area contributed by atoms with Gasteiger partial charge in [0.05, 0.1) is 11.1 Å². The molecule has 8 heteroatoms. The molecule has 5 aromatic rings. The Hall–Kier alpha value is -2.61. The van der Waals surface area contributed by atoms with Gasteiger partial charge in [0, 0.05) is 15.7 Å². The number of nitrogens with zero attached hydrogens (tertiary/aromatic N) is 4. The van der Waals surface area contributed by atoms with Crippen LogP contribution in [0.25, 0.3) is 21.7 Å². The number of para-hydroxylation sites is 1. The van der Waals surface area contributed by atoms with Gasteiger partial charge < -0.3 is 0 Å². The van der Waals surface area contributed by atoms with Crippen LogP contribution in [0.2, 0.25) is 5.02 Å². The van der Waals surface area contributed by atoms with Crippen LogP contribution in [0.5, 0.6) is 0 Å². The first-order chi connectivity index (χ1) is 15.7. The second-order valence-corrected chi connectivity index (χ2v) is 10.3. The Kier molecular flexibility index (Phi) is 5.05. The van der Waals surface area contributed by atoms with E-state index in [1.165, 1.54) is 16.9 Å². The molecule has 0 saturated carbocycles. The summed E-state index contributed by atoms with van der Waals surface area (Å²) in [5.41, 5.74) is 3.06. The van der Waals surface area contributed by atoms with Crippen LogP contribution in [0.15, 0.2) is 64.5 Å². The van der Waals surface area contributed by atoms with E-state index in [4.69, 9.17) is 11.6 Å². The molecule has 0 aliphatic heterocycles. The van der Waals surface area contributed by atoms with Crippen molar-refractivity contribution in [3.05, 3.63) is 86.0 Å². The largest absolute Gasteiger partial charge is 0.268 e. The number of aromatic nitrogens is 4. The van der Waals surface area contributed by atoms with Crippen LogP contribution in [0, 0.1) is 0 Å². The van der Waals surface area contributed by atoms with Gasteiger partial charge in [-0.25, -0.2) is 8.97 Å². The minimum absolute atomic E-state index is 0.00634. The number of rotatable bonds is 4. The molecular weight excluding hydrogens is 460 g/mol. The fourth-order valence-electron chi connectivity index (χ4n) is 4.38. The van der Waals surface area contributed by atoms with Crippen molar-refractivity contribution in [1.82, 2.24) is 19.2 Å². The molecule has 1 aliphatic rings. The Labute approximate surface area is 197 Å². The Bertz CT molecular complexity index is 1520. The van der Waals surface area contributed by atoms with Gasteiger partial charge in [-0.1, -0.05) is 59.8 Å². The van der Waals surface area contributed by atoms with Crippen molar-refractivity contribution in [1.29, 1.82) is 0 Å². The molecule has 0 fully saturated rings. The average Bonchev–Trinajstić information content (AvgIpc) is 3.41. The van der Waals surface area contributed by atoms with Crippen molar-refractivity contribution in [2.45, 2.75) is 36.6 Å². The molecule has 0 unspecified atom stereocenters. The van der Waals surface area contributed by atoms with Gasteiger partial charge >= 0.3 is 0 Å². The first-order valence-electron chi connectivity index (χ1n) is 10.6. The Morgan fingerprint density at radius 1 is 1.00 bits per heavy atom. The fourth-order valence-corrected chi connectivity index (χ4v) is 7.03. The molecule has 0 saturated heterocycles. The summed E-state index contributed by atoms with van der Waals surface area (Å²) in [6.07, 6.45) is 4.28. The lowest BCUT2D eigenvalue weighted by molar-refractivity contribution is 0.699. The number of benzene rings is 2. The second-order valence-electron chi connectivity index (χ2n) is 7.87. The summed E-state index contributed by atoms with van der Waals surface area (Å²) in [4.78, 5) is 16.1. The van der Waals surface area contributed by atoms with Gasteiger partial charge in [-0.2, -0.15) is 0 Å². The van der Waals surface area contributed by atoms with E-state index in [2.05, 4.69) is 14.6 Å². The van der Waals surface area contributed by atoms with E-state index in [0.29, 0.717) is 11.5 Å². The van der Waals surface area contributed by atoms with Crippen LogP contribution in [-0.4, -0.2) is 19.2 Å². The molecule has 2 aromatic carbocycles. The van der Waals surface area contributed by atoms with Crippen LogP contribution in [0.4, 0.5) is 0 Å². The molecule has 3 heterocycles. The normalized spacial score (nSPS) is 13.7. The molecule has 5 nitrogen and oxygen atoms in total. The number of hydrogen-bond acceptors (Lipinski definition) is 5. The summed E-state index contributed by atoms with van der Waals surface area (Å²) >= 11 is 9.68. The second kappa shape index (κ2) is 8.06. The fraction of sp³-hybridized carbons (Fsp3) is 0.208. The average molecular weight is 479 g/mol. The first kappa shape index (κ1) is 20.0. The third-order valence-electron chi connectivity index (χ3n) is 5.92. The highest BCUT2D eigenvalue weighted by Crippen LogP contribution is 2.37. The van der Waals surface area contributed by atoms with Crippen molar-refractivity contribution in [2.75, 3.05) is 0 Å². The number of aryl methyl sites for hydroxylation is 2. The van der Waals surface area contributed by atoms with Crippen LogP contribution >= 0.6 is 34.7 Å². The summed E-state index contributed by atoms with van der Waals surface area (Å²) in [5.74, 6) is 1.23. The number of fused-ring (bicyclic) bond motifs is 5. The van der Waals surface area contributed by atoms with Crippen molar-refractivity contribution in [3.8, 4) is 5.69 Å². The van der Waals surface area contributed by atoms with E-state index in [9.17, 15) is 4.79 Å². The molecule has 0 bridgehead atoms. The maximum atomic E-state index is 13.8. The molecule has 0 N–H and O–H groups in total. The topological polar surface area (TPSA) is 52.2 Å². The van der Waals surface area contributed by atoms with Gasteiger partial charge in [-0.05, 0) is 55.0 Å². The molecule has 0 atom stereocenters. The predicted octanol–water partition coefficient (Wildman–Crippen LogP) is 5.92. The molecule has 0 spiro atoms. The Balaban J connectivity index is 1.60. The van der Waals surface area contributed by atoms with E-state index in [0.717, 1.165) is 50.9 Å². The molecule has 1 aliphatic carbocycles. The third-order valence-corrected chi connectivity index (χ3v) is 8.54. The van der Waals surface area contributed by atoms with E-state index in [-0.39, 0.29) is 5.56 Å². The number of thiophene rings is 1. The number of hydrogen-bond donors (Lipinski definition) is 0. The highest BCUT2D eigenvalue weighted by molar-refractivity contribution is 7.98. The van der Waals surface area contributed by atoms with Crippen LogP contribution in [-0.2, 0) is 18.6 Å². The predicted molar refractivity (Wildman–Crippen MR) is 132 cm³/mol. The molecule has 0 radical (unpaired) electrons. The lowest BCUT2D eigenvalue weighted by Gasteiger charge is -2.12. The molecule has 160 valence electrons. The van der Waals surface area contributed by atoms with E-state index in [1.54, 1.807) is 27.7 Å². The van der Waals surface area contributed by atoms with Gasteiger partial charge in [-0.15, -0.1) is 21.5 Å². The SMILES string of the molecule is O=c1c2c3c(sc2n2c(SCc4ccccc4Cl)nnc2n1-c1ccccc1)CCCC3. The van der Waals surface area contributed by atoms with Gasteiger partial charge in [0.15, 0.2) is 5.16 Å². The molecule has 32 heavy (non-hydrogen) atoms. The third kappa shape index (κ3) is 3.18. The monoisotopic (exact) mass is 478 g/mol. The zero-order valence-electron chi connectivity index (χ0n) is 17.1. The maximum Gasteiger partial charge on any atom is 0.268 e. The van der Waals surface area contributed by atoms with Gasteiger partial charge in [0.2, 0.25) is 5.78 Å². The minimum atomic E-state index is -0.00634. The van der Waals surface area contributed by atoms with Crippen molar-refractivity contribution >= 4 is 50.7 Å². The van der Waals surface area contributed by atoms with Crippen molar-refractivity contribution in [3.63, 3.8) is 0 Å². The minimum Gasteiger partial charge on any atom is -0.268 e. The van der Waals surface area contributed by atoms with E-state index >= 15 is 0 Å². The Morgan fingerprint density at radius 3 is 2.62 bits per heavy atom. The summed E-state index contributed by atoms with van der Waals surface area (Å²) in [6, 6.07) is 17.6. The summed E-state index contributed by atoms with van der Waals surface area (Å²) in [6.45, 7) is 0. The zero-order valence-corrected chi connectivity index (χ0v) is 19.5. The van der Waals surface area contributed by atoms with Crippen molar-refractivity contribution < 1.29 is 0 Å². The van der Waals surface area contributed by atoms with Crippen LogP contribution in [0.1, 0.15) is 28.8 Å². The van der Waals surface area contributed by atoms with E-state index < -0.39 is 0 Å². The van der Waals surface area contributed by atoms with Crippen molar-refractivity contribution in [2.24, 2.45) is 0 Å². The molecule has 3 aromatic heterocycles. The summed E-state index contributed by atoms with van der Waals surface area (Å²) in [7, 11) is 0. The summed E-state index contributed by atoms with van der Waals surface area (Å²) < 4.78 is 3.77. The number of halogens is 1. The van der Waals surface area contributed by atoms with Gasteiger partial charge in [0.25, 0.3) is 5.56 Å². The number of thioether (sulfide) groups is 1. The lowest BCUT2D eigenvalue weighted by atomic mass is 9.97. The molecule has 0 amide bonds. The summed E-state index contributed by atoms with van der Waals surface area (Å²) in [5, 5.41) is 11.3. The molecular formula is C24H19ClN4OS2. The van der Waals surface area contributed by atoms with Crippen LogP contribution in [0.3, 0.4) is 0 Å². The highest BCUT2D eigenvalue weighted by atomic mass is 35.5. The standard InChI is InChI=1S/C24H19ClN4OS2/c25-18-12-6-4-8-15(18)14-31-24-27-26-23-28(16-9-2-1-3-10-16)21(30)20-17-11-5-7-13-19(17)32-22(20)29(23)24/h1-4,6,8-10,12H,5,7,11,13-14H2. The lowest BCUT2D eigenvalue weighted by Crippen LogP contribution is -2.22. The van der Waals surface area contributed by atoms with Crippen LogP contribution < -0.4 is 5.56 Å². The maximum absolute atomic E-state index is 13.8. The first-order valence-corrected chi connectivity index (χ1v) is 12.8. The zero-order chi connectivity index (χ0) is 21.7. The Morgan fingerprint density at radius 2 is 1.78 bits per heavy atom. The van der Waals surface area contributed by atoms with Gasteiger partial charge in [-0.3, -0.25) is 4.79 Å². The quantitative estimate of drug-likeness (QED) is 0.301. The molecule has 6 rings (SSSR count).